The van der Waals surface area contributed by atoms with Crippen molar-refractivity contribution in [2.75, 3.05) is 0 Å². The molecule has 0 radical (unpaired) electrons. The van der Waals surface area contributed by atoms with E-state index >= 15 is 0 Å². The second-order valence-electron chi connectivity index (χ2n) is 3.32. The molecule has 1 aromatic heterocycles. The molecule has 0 aliphatic carbocycles. The first-order chi connectivity index (χ1) is 7.86. The zero-order valence-electron chi connectivity index (χ0n) is 8.21. The summed E-state index contributed by atoms with van der Waals surface area (Å²) in [6.45, 7) is 0. The summed E-state index contributed by atoms with van der Waals surface area (Å²) in [5.41, 5.74) is 0.264. The summed E-state index contributed by atoms with van der Waals surface area (Å²) < 4.78 is 49.4. The lowest BCUT2D eigenvalue weighted by atomic mass is 10.3. The minimum absolute atomic E-state index is 0.0351. The standard InChI is InChI=1S/C10H5F4NOS/c11-5-1-2-7-6(3-5)15-9(17-7)4-8(16)10(12,13)14/h1-3H,4H2. The third-order valence-corrected chi connectivity index (χ3v) is 3.06. The molecule has 0 unspecified atom stereocenters. The maximum atomic E-state index is 12.8. The monoisotopic (exact) mass is 263 g/mol. The smallest absolute Gasteiger partial charge is 0.289 e. The summed E-state index contributed by atoms with van der Waals surface area (Å²) in [6.07, 6.45) is -5.66. The topological polar surface area (TPSA) is 30.0 Å². The highest BCUT2D eigenvalue weighted by Gasteiger charge is 2.38. The second kappa shape index (κ2) is 4.06. The molecule has 0 aliphatic heterocycles. The molecule has 0 saturated carbocycles. The van der Waals surface area contributed by atoms with Gasteiger partial charge in [0.15, 0.2) is 0 Å². The number of benzene rings is 1. The molecule has 0 bridgehead atoms. The van der Waals surface area contributed by atoms with E-state index in [0.717, 1.165) is 17.4 Å². The average molecular weight is 263 g/mol. The number of carbonyl (C=O) groups is 1. The SMILES string of the molecule is O=C(Cc1nc2cc(F)ccc2s1)C(F)(F)F. The van der Waals surface area contributed by atoms with Crippen LogP contribution in [-0.4, -0.2) is 16.9 Å². The fourth-order valence-corrected chi connectivity index (χ4v) is 2.21. The van der Waals surface area contributed by atoms with Crippen LogP contribution in [0, 0.1) is 5.82 Å². The van der Waals surface area contributed by atoms with Crippen molar-refractivity contribution < 1.29 is 22.4 Å². The number of alkyl halides is 3. The van der Waals surface area contributed by atoms with E-state index in [1.165, 1.54) is 12.1 Å². The number of nitrogens with zero attached hydrogens (tertiary/aromatic N) is 1. The number of thiazole rings is 1. The van der Waals surface area contributed by atoms with Crippen molar-refractivity contribution in [1.82, 2.24) is 4.98 Å². The fourth-order valence-electron chi connectivity index (χ4n) is 1.26. The second-order valence-corrected chi connectivity index (χ2v) is 4.43. The van der Waals surface area contributed by atoms with Gasteiger partial charge in [-0.2, -0.15) is 13.2 Å². The number of hydrogen-bond donors (Lipinski definition) is 0. The largest absolute Gasteiger partial charge is 0.450 e. The molecule has 90 valence electrons. The zero-order valence-corrected chi connectivity index (χ0v) is 9.03. The Kier molecular flexibility index (Phi) is 2.86. The normalized spacial score (nSPS) is 12.0. The van der Waals surface area contributed by atoms with Crippen LogP contribution in [0.15, 0.2) is 18.2 Å². The predicted molar refractivity (Wildman–Crippen MR) is 54.3 cm³/mol. The maximum absolute atomic E-state index is 12.8. The van der Waals surface area contributed by atoms with E-state index in [2.05, 4.69) is 4.98 Å². The van der Waals surface area contributed by atoms with Crippen LogP contribution in [0.4, 0.5) is 17.6 Å². The van der Waals surface area contributed by atoms with Gasteiger partial charge in [0.1, 0.15) is 10.8 Å². The van der Waals surface area contributed by atoms with Crippen LogP contribution in [-0.2, 0) is 11.2 Å². The van der Waals surface area contributed by atoms with Gasteiger partial charge in [0.25, 0.3) is 0 Å². The van der Waals surface area contributed by atoms with E-state index < -0.39 is 24.2 Å². The summed E-state index contributed by atoms with van der Waals surface area (Å²) in [5.74, 6) is -2.37. The minimum atomic E-state index is -4.86. The first-order valence-electron chi connectivity index (χ1n) is 4.51. The molecule has 2 aromatic rings. The lowest BCUT2D eigenvalue weighted by molar-refractivity contribution is -0.170. The summed E-state index contributed by atoms with van der Waals surface area (Å²) in [5, 5.41) is 0.0351. The van der Waals surface area contributed by atoms with Gasteiger partial charge in [0.2, 0.25) is 5.78 Å². The summed E-state index contributed by atoms with van der Waals surface area (Å²) in [6, 6.07) is 3.73. The minimum Gasteiger partial charge on any atom is -0.289 e. The van der Waals surface area contributed by atoms with Crippen LogP contribution >= 0.6 is 11.3 Å². The first-order valence-corrected chi connectivity index (χ1v) is 5.33. The molecule has 17 heavy (non-hydrogen) atoms. The van der Waals surface area contributed by atoms with Gasteiger partial charge < -0.3 is 0 Å². The third kappa shape index (κ3) is 2.60. The van der Waals surface area contributed by atoms with Crippen molar-refractivity contribution in [2.45, 2.75) is 12.6 Å². The number of hydrogen-bond acceptors (Lipinski definition) is 3. The molecule has 0 aliphatic rings. The van der Waals surface area contributed by atoms with Gasteiger partial charge in [0.05, 0.1) is 16.6 Å². The highest BCUT2D eigenvalue weighted by atomic mass is 32.1. The molecule has 0 amide bonds. The van der Waals surface area contributed by atoms with E-state index in [-0.39, 0.29) is 10.5 Å². The molecule has 0 atom stereocenters. The molecule has 0 N–H and O–H groups in total. The Morgan fingerprint density at radius 3 is 2.71 bits per heavy atom. The Labute approximate surface area is 96.9 Å². The molecule has 1 heterocycles. The van der Waals surface area contributed by atoms with Crippen molar-refractivity contribution in [3.8, 4) is 0 Å². The quantitative estimate of drug-likeness (QED) is 0.779. The highest BCUT2D eigenvalue weighted by Crippen LogP contribution is 2.25. The number of rotatable bonds is 2. The van der Waals surface area contributed by atoms with Crippen molar-refractivity contribution in [3.63, 3.8) is 0 Å². The number of ketones is 1. The van der Waals surface area contributed by atoms with E-state index in [4.69, 9.17) is 0 Å². The van der Waals surface area contributed by atoms with Crippen LogP contribution in [0.3, 0.4) is 0 Å². The number of aromatic nitrogens is 1. The van der Waals surface area contributed by atoms with Crippen LogP contribution in [0.1, 0.15) is 5.01 Å². The Hall–Kier alpha value is -1.50. The Morgan fingerprint density at radius 1 is 1.35 bits per heavy atom. The summed E-state index contributed by atoms with van der Waals surface area (Å²) in [4.78, 5) is 14.5. The van der Waals surface area contributed by atoms with Crippen LogP contribution in [0.2, 0.25) is 0 Å². The molecule has 0 spiro atoms. The van der Waals surface area contributed by atoms with Crippen LogP contribution < -0.4 is 0 Å². The lowest BCUT2D eigenvalue weighted by Gasteiger charge is -2.01. The molecular weight excluding hydrogens is 258 g/mol. The van der Waals surface area contributed by atoms with Crippen LogP contribution in [0.5, 0.6) is 0 Å². The van der Waals surface area contributed by atoms with Crippen molar-refractivity contribution in [2.24, 2.45) is 0 Å². The number of halogens is 4. The van der Waals surface area contributed by atoms with Crippen molar-refractivity contribution in [1.29, 1.82) is 0 Å². The van der Waals surface area contributed by atoms with E-state index in [0.29, 0.717) is 4.70 Å². The van der Waals surface area contributed by atoms with Gasteiger partial charge >= 0.3 is 6.18 Å². The van der Waals surface area contributed by atoms with Gasteiger partial charge in [0, 0.05) is 6.07 Å². The van der Waals surface area contributed by atoms with Gasteiger partial charge in [-0.3, -0.25) is 4.79 Å². The van der Waals surface area contributed by atoms with Gasteiger partial charge in [-0.05, 0) is 12.1 Å². The first kappa shape index (κ1) is 12.0. The van der Waals surface area contributed by atoms with Crippen LogP contribution in [0.25, 0.3) is 10.2 Å². The Morgan fingerprint density at radius 2 is 2.06 bits per heavy atom. The van der Waals surface area contributed by atoms with E-state index in [1.54, 1.807) is 0 Å². The average Bonchev–Trinajstić information content (AvgIpc) is 2.57. The molecule has 7 heteroatoms. The summed E-state index contributed by atoms with van der Waals surface area (Å²) >= 11 is 0.952. The molecule has 0 fully saturated rings. The zero-order chi connectivity index (χ0) is 12.6. The number of fused-ring (bicyclic) bond motifs is 1. The van der Waals surface area contributed by atoms with Gasteiger partial charge in [-0.1, -0.05) is 0 Å². The molecule has 2 nitrogen and oxygen atoms in total. The highest BCUT2D eigenvalue weighted by molar-refractivity contribution is 7.18. The van der Waals surface area contributed by atoms with E-state index in [1.807, 2.05) is 0 Å². The molecule has 1 aromatic carbocycles. The van der Waals surface area contributed by atoms with Gasteiger partial charge in [-0.15, -0.1) is 11.3 Å². The molecular formula is C10H5F4NOS. The summed E-state index contributed by atoms with van der Waals surface area (Å²) in [7, 11) is 0. The lowest BCUT2D eigenvalue weighted by Crippen LogP contribution is -2.24. The van der Waals surface area contributed by atoms with Crippen molar-refractivity contribution >= 4 is 27.3 Å². The predicted octanol–water partition coefficient (Wildman–Crippen LogP) is 3.11. The Balaban J connectivity index is 2.29. The maximum Gasteiger partial charge on any atom is 0.450 e. The fraction of sp³-hybridized carbons (Fsp3) is 0.200. The molecule has 2 rings (SSSR count). The third-order valence-electron chi connectivity index (χ3n) is 2.02. The van der Waals surface area contributed by atoms with Crippen molar-refractivity contribution in [3.05, 3.63) is 29.0 Å². The number of carbonyl (C=O) groups excluding carboxylic acids is 1. The Bertz CT molecular complexity index is 575. The van der Waals surface area contributed by atoms with E-state index in [9.17, 15) is 22.4 Å². The van der Waals surface area contributed by atoms with Gasteiger partial charge in [-0.25, -0.2) is 9.37 Å². The number of Topliss-reactive ketones (excluding diaryl/α,β-unsaturated/α-hetero) is 1. The molecule has 0 saturated heterocycles.